The van der Waals surface area contributed by atoms with Crippen LogP contribution in [0.4, 0.5) is 5.82 Å². The first-order valence-corrected chi connectivity index (χ1v) is 9.48. The van der Waals surface area contributed by atoms with Gasteiger partial charge < -0.3 is 19.8 Å². The maximum Gasteiger partial charge on any atom is 0.256 e. The zero-order chi connectivity index (χ0) is 19.4. The molecule has 2 fully saturated rings. The molecule has 144 valence electrons. The first-order chi connectivity index (χ1) is 13.5. The van der Waals surface area contributed by atoms with Crippen LogP contribution in [0, 0.1) is 6.92 Å². The van der Waals surface area contributed by atoms with Crippen molar-refractivity contribution in [3.05, 3.63) is 53.5 Å². The van der Waals surface area contributed by atoms with Crippen molar-refractivity contribution in [1.82, 2.24) is 15.3 Å². The van der Waals surface area contributed by atoms with Crippen LogP contribution in [-0.2, 0) is 10.3 Å². The molecule has 3 aromatic rings. The van der Waals surface area contributed by atoms with E-state index in [-0.39, 0.29) is 11.4 Å². The van der Waals surface area contributed by atoms with Gasteiger partial charge in [-0.15, -0.1) is 0 Å². The number of rotatable bonds is 5. The van der Waals surface area contributed by atoms with Crippen LogP contribution in [0.25, 0.3) is 11.1 Å². The van der Waals surface area contributed by atoms with Gasteiger partial charge in [-0.2, -0.15) is 0 Å². The predicted octanol–water partition coefficient (Wildman–Crippen LogP) is 3.15. The van der Waals surface area contributed by atoms with Crippen LogP contribution in [0.1, 0.15) is 41.4 Å². The molecule has 2 N–H and O–H groups in total. The highest BCUT2D eigenvalue weighted by Gasteiger charge is 2.43. The van der Waals surface area contributed by atoms with Crippen molar-refractivity contribution >= 4 is 22.8 Å². The molecule has 0 bridgehead atoms. The lowest BCUT2D eigenvalue weighted by Crippen LogP contribution is -2.59. The molecule has 0 radical (unpaired) electrons. The molecule has 0 spiro atoms. The second-order valence-electron chi connectivity index (χ2n) is 8.02. The van der Waals surface area contributed by atoms with Crippen LogP contribution in [0.3, 0.4) is 0 Å². The number of aromatic nitrogens is 2. The van der Waals surface area contributed by atoms with Crippen molar-refractivity contribution < 1.29 is 13.9 Å². The van der Waals surface area contributed by atoms with E-state index in [4.69, 9.17) is 9.15 Å². The molecule has 7 nitrogen and oxygen atoms in total. The molecule has 1 aromatic carbocycles. The SMILES string of the molecule is Cc1oc2ncnc(NC3(C)CC3)c2c1C(=O)NC1(c2ccccc2)COC1. The van der Waals surface area contributed by atoms with Gasteiger partial charge in [0.05, 0.1) is 24.2 Å². The second kappa shape index (κ2) is 6.04. The minimum absolute atomic E-state index is 0.0211. The summed E-state index contributed by atoms with van der Waals surface area (Å²) < 4.78 is 11.2. The lowest BCUT2D eigenvalue weighted by atomic mass is 9.87. The van der Waals surface area contributed by atoms with E-state index in [1.54, 1.807) is 6.92 Å². The molecule has 28 heavy (non-hydrogen) atoms. The summed E-state index contributed by atoms with van der Waals surface area (Å²) >= 11 is 0. The summed E-state index contributed by atoms with van der Waals surface area (Å²) in [5, 5.41) is 7.26. The maximum absolute atomic E-state index is 13.3. The largest absolute Gasteiger partial charge is 0.442 e. The molecule has 1 aliphatic carbocycles. The molecule has 5 rings (SSSR count). The fraction of sp³-hybridized carbons (Fsp3) is 0.381. The summed E-state index contributed by atoms with van der Waals surface area (Å²) in [5.41, 5.74) is 1.42. The Bertz CT molecular complexity index is 1050. The Balaban J connectivity index is 1.53. The Labute approximate surface area is 162 Å². The summed E-state index contributed by atoms with van der Waals surface area (Å²) in [6, 6.07) is 9.90. The van der Waals surface area contributed by atoms with Gasteiger partial charge in [-0.05, 0) is 32.3 Å². The number of benzene rings is 1. The molecular weight excluding hydrogens is 356 g/mol. The normalized spacial score (nSPS) is 19.1. The Morgan fingerprint density at radius 3 is 2.54 bits per heavy atom. The van der Waals surface area contributed by atoms with Gasteiger partial charge in [-0.3, -0.25) is 4.79 Å². The molecule has 7 heteroatoms. The number of amides is 1. The monoisotopic (exact) mass is 378 g/mol. The number of carbonyl (C=O) groups is 1. The summed E-state index contributed by atoms with van der Waals surface area (Å²) in [6.07, 6.45) is 3.61. The Morgan fingerprint density at radius 1 is 1.14 bits per heavy atom. The van der Waals surface area contributed by atoms with E-state index < -0.39 is 5.54 Å². The van der Waals surface area contributed by atoms with Crippen LogP contribution in [0.5, 0.6) is 0 Å². The van der Waals surface area contributed by atoms with Crippen molar-refractivity contribution in [3.63, 3.8) is 0 Å². The average Bonchev–Trinajstić information content (AvgIpc) is 3.27. The highest BCUT2D eigenvalue weighted by Crippen LogP contribution is 2.40. The first-order valence-electron chi connectivity index (χ1n) is 9.48. The van der Waals surface area contributed by atoms with Gasteiger partial charge in [0.15, 0.2) is 0 Å². The molecule has 0 unspecified atom stereocenters. The van der Waals surface area contributed by atoms with Gasteiger partial charge in [0.25, 0.3) is 5.91 Å². The highest BCUT2D eigenvalue weighted by atomic mass is 16.5. The number of hydrogen-bond donors (Lipinski definition) is 2. The molecule has 2 aliphatic rings. The van der Waals surface area contributed by atoms with Gasteiger partial charge in [0.2, 0.25) is 5.71 Å². The molecule has 2 aromatic heterocycles. The quantitative estimate of drug-likeness (QED) is 0.709. The lowest BCUT2D eigenvalue weighted by Gasteiger charge is -2.42. The minimum atomic E-state index is -0.528. The molecule has 0 atom stereocenters. The van der Waals surface area contributed by atoms with Crippen molar-refractivity contribution in [1.29, 1.82) is 0 Å². The first kappa shape index (κ1) is 17.2. The van der Waals surface area contributed by atoms with E-state index >= 15 is 0 Å². The smallest absolute Gasteiger partial charge is 0.256 e. The number of carbonyl (C=O) groups excluding carboxylic acids is 1. The van der Waals surface area contributed by atoms with Crippen LogP contribution in [-0.4, -0.2) is 34.6 Å². The van der Waals surface area contributed by atoms with Gasteiger partial charge in [-0.25, -0.2) is 9.97 Å². The highest BCUT2D eigenvalue weighted by molar-refractivity contribution is 6.10. The third-order valence-corrected chi connectivity index (χ3v) is 5.69. The zero-order valence-electron chi connectivity index (χ0n) is 15.9. The van der Waals surface area contributed by atoms with E-state index in [9.17, 15) is 4.79 Å². The number of nitrogens with zero attached hydrogens (tertiary/aromatic N) is 2. The van der Waals surface area contributed by atoms with Gasteiger partial charge >= 0.3 is 0 Å². The number of aryl methyl sites for hydroxylation is 1. The number of furan rings is 1. The van der Waals surface area contributed by atoms with E-state index in [1.165, 1.54) is 6.33 Å². The number of anilines is 1. The van der Waals surface area contributed by atoms with Gasteiger partial charge in [0, 0.05) is 5.54 Å². The van der Waals surface area contributed by atoms with Crippen LogP contribution >= 0.6 is 0 Å². The third kappa shape index (κ3) is 2.74. The van der Waals surface area contributed by atoms with Crippen LogP contribution < -0.4 is 10.6 Å². The van der Waals surface area contributed by atoms with Crippen molar-refractivity contribution in [3.8, 4) is 0 Å². The fourth-order valence-corrected chi connectivity index (χ4v) is 3.66. The zero-order valence-corrected chi connectivity index (χ0v) is 15.9. The van der Waals surface area contributed by atoms with Gasteiger partial charge in [-0.1, -0.05) is 30.3 Å². The Kier molecular flexibility index (Phi) is 3.71. The van der Waals surface area contributed by atoms with E-state index in [2.05, 4.69) is 27.5 Å². The summed E-state index contributed by atoms with van der Waals surface area (Å²) in [7, 11) is 0. The number of hydrogen-bond acceptors (Lipinski definition) is 6. The molecular formula is C21H22N4O3. The van der Waals surface area contributed by atoms with Gasteiger partial charge in [0.1, 0.15) is 23.4 Å². The minimum Gasteiger partial charge on any atom is -0.442 e. The van der Waals surface area contributed by atoms with Crippen molar-refractivity contribution in [2.45, 2.75) is 37.8 Å². The summed E-state index contributed by atoms with van der Waals surface area (Å²) in [6.45, 7) is 4.81. The second-order valence-corrected chi connectivity index (χ2v) is 8.02. The molecule has 1 amide bonds. The maximum atomic E-state index is 13.3. The van der Waals surface area contributed by atoms with Crippen LogP contribution in [0.2, 0.25) is 0 Å². The summed E-state index contributed by atoms with van der Waals surface area (Å²) in [4.78, 5) is 22.0. The third-order valence-electron chi connectivity index (χ3n) is 5.69. The fourth-order valence-electron chi connectivity index (χ4n) is 3.66. The van der Waals surface area contributed by atoms with E-state index in [0.717, 1.165) is 18.4 Å². The standard InChI is InChI=1S/C21H22N4O3/c1-13-15(16-17(24-20(2)8-9-20)22-12-23-19(16)28-13)18(26)25-21(10-27-11-21)14-6-4-3-5-7-14/h3-7,12H,8-11H2,1-2H3,(H,25,26)(H,22,23,24). The van der Waals surface area contributed by atoms with Crippen molar-refractivity contribution in [2.24, 2.45) is 0 Å². The lowest BCUT2D eigenvalue weighted by molar-refractivity contribution is -0.0733. The topological polar surface area (TPSA) is 89.3 Å². The van der Waals surface area contributed by atoms with Crippen molar-refractivity contribution in [2.75, 3.05) is 18.5 Å². The summed E-state index contributed by atoms with van der Waals surface area (Å²) in [5.74, 6) is 0.966. The van der Waals surface area contributed by atoms with E-state index in [1.807, 2.05) is 30.3 Å². The Morgan fingerprint density at radius 2 is 1.89 bits per heavy atom. The average molecular weight is 378 g/mol. The molecule has 1 aliphatic heterocycles. The number of nitrogens with one attached hydrogen (secondary N) is 2. The predicted molar refractivity (Wildman–Crippen MR) is 104 cm³/mol. The molecule has 3 heterocycles. The molecule has 1 saturated heterocycles. The number of ether oxygens (including phenoxy) is 1. The van der Waals surface area contributed by atoms with Crippen LogP contribution in [0.15, 0.2) is 41.1 Å². The molecule has 1 saturated carbocycles. The van der Waals surface area contributed by atoms with E-state index in [0.29, 0.717) is 41.5 Å². The Hall–Kier alpha value is -2.93. The number of fused-ring (bicyclic) bond motifs is 1.